The van der Waals surface area contributed by atoms with Crippen LogP contribution in [0.15, 0.2) is 59.2 Å². The van der Waals surface area contributed by atoms with Gasteiger partial charge >= 0.3 is 0 Å². The van der Waals surface area contributed by atoms with Crippen LogP contribution in [0.3, 0.4) is 0 Å². The summed E-state index contributed by atoms with van der Waals surface area (Å²) in [6.07, 6.45) is 10.4. The SMILES string of the molecule is Clc1ccc(CO/N=C/c2c(-c3ccc(C4CCCCC4)cc3)nc3sccn23)cc1Cl. The Balaban J connectivity index is 1.36. The zero-order valence-corrected chi connectivity index (χ0v) is 19.8. The average Bonchev–Trinajstić information content (AvgIpc) is 3.42. The molecule has 7 heteroatoms. The van der Waals surface area contributed by atoms with Crippen molar-refractivity contribution in [1.29, 1.82) is 0 Å². The van der Waals surface area contributed by atoms with Gasteiger partial charge in [-0.25, -0.2) is 4.98 Å². The van der Waals surface area contributed by atoms with Crippen LogP contribution in [0.25, 0.3) is 16.2 Å². The predicted molar refractivity (Wildman–Crippen MR) is 133 cm³/mol. The number of halogens is 2. The van der Waals surface area contributed by atoms with Crippen molar-refractivity contribution in [3.8, 4) is 11.3 Å². The smallest absolute Gasteiger partial charge is 0.194 e. The van der Waals surface area contributed by atoms with Gasteiger partial charge in [-0.3, -0.25) is 4.40 Å². The molecule has 4 nitrogen and oxygen atoms in total. The first-order valence-electron chi connectivity index (χ1n) is 10.8. The second-order valence-electron chi connectivity index (χ2n) is 8.11. The molecule has 1 fully saturated rings. The Bertz CT molecular complexity index is 1240. The monoisotopic (exact) mass is 483 g/mol. The Kier molecular flexibility index (Phi) is 6.49. The molecule has 0 aliphatic heterocycles. The van der Waals surface area contributed by atoms with Crippen LogP contribution in [0.2, 0.25) is 10.0 Å². The highest BCUT2D eigenvalue weighted by Crippen LogP contribution is 2.34. The van der Waals surface area contributed by atoms with E-state index in [0.29, 0.717) is 22.6 Å². The van der Waals surface area contributed by atoms with E-state index in [9.17, 15) is 0 Å². The third-order valence-electron chi connectivity index (χ3n) is 6.02. The zero-order chi connectivity index (χ0) is 21.9. The molecule has 1 aliphatic rings. The number of hydrogen-bond donors (Lipinski definition) is 0. The van der Waals surface area contributed by atoms with E-state index in [1.54, 1.807) is 29.7 Å². The number of oxime groups is 1. The number of aromatic nitrogens is 2. The molecule has 4 aromatic rings. The summed E-state index contributed by atoms with van der Waals surface area (Å²) >= 11 is 13.7. The van der Waals surface area contributed by atoms with Gasteiger partial charge in [-0.2, -0.15) is 0 Å². The molecule has 32 heavy (non-hydrogen) atoms. The molecule has 0 amide bonds. The Morgan fingerprint density at radius 2 is 1.88 bits per heavy atom. The van der Waals surface area contributed by atoms with Crippen LogP contribution in [0, 0.1) is 0 Å². The van der Waals surface area contributed by atoms with E-state index in [-0.39, 0.29) is 0 Å². The summed E-state index contributed by atoms with van der Waals surface area (Å²) in [6.45, 7) is 0.310. The number of nitrogens with zero attached hydrogens (tertiary/aromatic N) is 3. The number of benzene rings is 2. The van der Waals surface area contributed by atoms with Crippen LogP contribution in [0.4, 0.5) is 0 Å². The maximum atomic E-state index is 6.07. The molecule has 2 heterocycles. The lowest BCUT2D eigenvalue weighted by molar-refractivity contribution is 0.132. The summed E-state index contributed by atoms with van der Waals surface area (Å²) in [6, 6.07) is 14.3. The van der Waals surface area contributed by atoms with Crippen molar-refractivity contribution < 1.29 is 4.84 Å². The topological polar surface area (TPSA) is 38.9 Å². The number of imidazole rings is 1. The number of fused-ring (bicyclic) bond motifs is 1. The minimum absolute atomic E-state index is 0.310. The molecule has 0 unspecified atom stereocenters. The van der Waals surface area contributed by atoms with Gasteiger partial charge in [0, 0.05) is 17.1 Å². The Morgan fingerprint density at radius 3 is 2.66 bits per heavy atom. The third kappa shape index (κ3) is 4.56. The minimum atomic E-state index is 0.310. The highest BCUT2D eigenvalue weighted by molar-refractivity contribution is 7.15. The molecule has 0 atom stereocenters. The molecule has 0 N–H and O–H groups in total. The van der Waals surface area contributed by atoms with E-state index in [1.807, 2.05) is 22.0 Å². The van der Waals surface area contributed by atoms with Gasteiger partial charge in [0.15, 0.2) is 4.96 Å². The predicted octanol–water partition coefficient (Wildman–Crippen LogP) is 7.97. The summed E-state index contributed by atoms with van der Waals surface area (Å²) in [4.78, 5) is 11.3. The lowest BCUT2D eigenvalue weighted by Gasteiger charge is -2.22. The molecular weight excluding hydrogens is 461 g/mol. The zero-order valence-electron chi connectivity index (χ0n) is 17.5. The van der Waals surface area contributed by atoms with Crippen molar-refractivity contribution in [1.82, 2.24) is 9.38 Å². The van der Waals surface area contributed by atoms with E-state index in [1.165, 1.54) is 37.7 Å². The number of rotatable bonds is 6. The van der Waals surface area contributed by atoms with Gasteiger partial charge in [0.1, 0.15) is 6.61 Å². The number of hydrogen-bond acceptors (Lipinski definition) is 4. The molecule has 1 aliphatic carbocycles. The Hall–Kier alpha value is -2.34. The van der Waals surface area contributed by atoms with Gasteiger partial charge in [0.2, 0.25) is 0 Å². The van der Waals surface area contributed by atoms with E-state index in [4.69, 9.17) is 33.0 Å². The maximum Gasteiger partial charge on any atom is 0.194 e. The van der Waals surface area contributed by atoms with E-state index < -0.39 is 0 Å². The fourth-order valence-corrected chi connectivity index (χ4v) is 5.36. The van der Waals surface area contributed by atoms with Gasteiger partial charge in [0.25, 0.3) is 0 Å². The highest BCUT2D eigenvalue weighted by atomic mass is 35.5. The maximum absolute atomic E-state index is 6.07. The average molecular weight is 484 g/mol. The van der Waals surface area contributed by atoms with Crippen LogP contribution in [0.1, 0.15) is 54.8 Å². The lowest BCUT2D eigenvalue weighted by atomic mass is 9.84. The summed E-state index contributed by atoms with van der Waals surface area (Å²) in [5.74, 6) is 0.694. The summed E-state index contributed by atoms with van der Waals surface area (Å²) in [5.41, 5.74) is 5.25. The van der Waals surface area contributed by atoms with Crippen molar-refractivity contribution in [2.24, 2.45) is 5.16 Å². The first-order chi connectivity index (χ1) is 15.7. The van der Waals surface area contributed by atoms with E-state index in [2.05, 4.69) is 29.4 Å². The molecule has 5 rings (SSSR count). The standard InChI is InChI=1S/C25H23Cl2N3OS/c26-21-11-6-17(14-22(21)27)16-31-28-15-23-24(29-25-30(23)12-13-32-25)20-9-7-19(8-10-20)18-4-2-1-3-5-18/h6-15,18H,1-5,16H2/b28-15+. The first-order valence-corrected chi connectivity index (χ1v) is 12.5. The van der Waals surface area contributed by atoms with Gasteiger partial charge in [-0.05, 0) is 42.0 Å². The molecule has 2 aromatic heterocycles. The summed E-state index contributed by atoms with van der Waals surface area (Å²) in [7, 11) is 0. The van der Waals surface area contributed by atoms with Crippen molar-refractivity contribution in [3.05, 3.63) is 80.9 Å². The van der Waals surface area contributed by atoms with Gasteiger partial charge in [0.05, 0.1) is 27.6 Å². The van der Waals surface area contributed by atoms with E-state index >= 15 is 0 Å². The fourth-order valence-electron chi connectivity index (χ4n) is 4.32. The molecule has 0 spiro atoms. The molecule has 164 valence electrons. The van der Waals surface area contributed by atoms with Crippen molar-refractivity contribution in [2.45, 2.75) is 44.6 Å². The van der Waals surface area contributed by atoms with Crippen LogP contribution in [0.5, 0.6) is 0 Å². The normalized spacial score (nSPS) is 15.1. The van der Waals surface area contributed by atoms with E-state index in [0.717, 1.165) is 27.5 Å². The van der Waals surface area contributed by atoms with Crippen LogP contribution in [-0.2, 0) is 11.4 Å². The molecule has 2 aromatic carbocycles. The van der Waals surface area contributed by atoms with Gasteiger partial charge < -0.3 is 4.84 Å². The second-order valence-corrected chi connectivity index (χ2v) is 9.80. The number of thiazole rings is 1. The largest absolute Gasteiger partial charge is 0.391 e. The molecule has 0 radical (unpaired) electrons. The molecule has 0 bridgehead atoms. The third-order valence-corrected chi connectivity index (χ3v) is 7.52. The summed E-state index contributed by atoms with van der Waals surface area (Å²) in [5, 5.41) is 7.26. The van der Waals surface area contributed by atoms with Crippen LogP contribution >= 0.6 is 34.5 Å². The van der Waals surface area contributed by atoms with Crippen molar-refractivity contribution in [3.63, 3.8) is 0 Å². The quantitative estimate of drug-likeness (QED) is 0.206. The van der Waals surface area contributed by atoms with Gasteiger partial charge in [-0.15, -0.1) is 11.3 Å². The minimum Gasteiger partial charge on any atom is -0.391 e. The summed E-state index contributed by atoms with van der Waals surface area (Å²) < 4.78 is 2.04. The van der Waals surface area contributed by atoms with Crippen LogP contribution < -0.4 is 0 Å². The van der Waals surface area contributed by atoms with Crippen LogP contribution in [-0.4, -0.2) is 15.6 Å². The molecule has 0 saturated heterocycles. The molecular formula is C25H23Cl2N3OS. The Morgan fingerprint density at radius 1 is 1.06 bits per heavy atom. The lowest BCUT2D eigenvalue weighted by Crippen LogP contribution is -2.04. The fraction of sp³-hybridized carbons (Fsp3) is 0.280. The molecule has 1 saturated carbocycles. The highest BCUT2D eigenvalue weighted by Gasteiger charge is 2.17. The van der Waals surface area contributed by atoms with Crippen molar-refractivity contribution >= 4 is 45.7 Å². The Labute approximate surface area is 201 Å². The second kappa shape index (κ2) is 9.65. The van der Waals surface area contributed by atoms with Gasteiger partial charge in [-0.1, -0.05) is 78.0 Å². The van der Waals surface area contributed by atoms with Crippen molar-refractivity contribution in [2.75, 3.05) is 0 Å². The first kappa shape index (κ1) is 21.5.